The number of rotatable bonds is 8. The number of carbonyl (C=O) groups excluding carboxylic acids is 3. The molecule has 42 heavy (non-hydrogen) atoms. The lowest BCUT2D eigenvalue weighted by molar-refractivity contribution is -0.142. The third kappa shape index (κ3) is 5.19. The van der Waals surface area contributed by atoms with Crippen molar-refractivity contribution in [1.29, 1.82) is 0 Å². The average Bonchev–Trinajstić information content (AvgIpc) is 3.62. The number of hydrogen-bond acceptors (Lipinski definition) is 5. The number of piperidine rings is 1. The molecule has 4 aliphatic heterocycles. The fourth-order valence-corrected chi connectivity index (χ4v) is 8.16. The van der Waals surface area contributed by atoms with E-state index in [-0.39, 0.29) is 23.8 Å². The zero-order valence-corrected chi connectivity index (χ0v) is 25.7. The maximum atomic E-state index is 14.3. The van der Waals surface area contributed by atoms with Crippen LogP contribution in [0.1, 0.15) is 77.7 Å². The van der Waals surface area contributed by atoms with Crippen LogP contribution < -0.4 is 10.6 Å². The van der Waals surface area contributed by atoms with Crippen LogP contribution in [0.5, 0.6) is 0 Å². The number of fused-ring (bicyclic) bond motifs is 1. The van der Waals surface area contributed by atoms with Gasteiger partial charge < -0.3 is 25.2 Å². The fourth-order valence-electron chi connectivity index (χ4n) is 8.16. The molecule has 5 aliphatic rings. The SMILES string of the molecule is CC(C)c1ccc(NC(=O)[C@H]2[C@H]3C=C[C@@]4(O3)[C@H]2C(=O)N(CCN2CCCCC2)[C@@H]4C(=O)N[C@@H]2CCC[C@@H](C)[C@@H]2C)cc1. The molecule has 1 saturated carbocycles. The summed E-state index contributed by atoms with van der Waals surface area (Å²) in [5.74, 6) is -0.616. The molecule has 4 fully saturated rings. The van der Waals surface area contributed by atoms with Gasteiger partial charge in [-0.15, -0.1) is 0 Å². The number of nitrogens with zero attached hydrogens (tertiary/aromatic N) is 2. The number of benzene rings is 1. The first kappa shape index (κ1) is 29.4. The topological polar surface area (TPSA) is 91.0 Å². The summed E-state index contributed by atoms with van der Waals surface area (Å²) >= 11 is 0. The van der Waals surface area contributed by atoms with Gasteiger partial charge in [-0.2, -0.15) is 0 Å². The monoisotopic (exact) mass is 576 g/mol. The van der Waals surface area contributed by atoms with Gasteiger partial charge in [0.1, 0.15) is 11.6 Å². The van der Waals surface area contributed by atoms with E-state index in [2.05, 4.69) is 43.2 Å². The van der Waals surface area contributed by atoms with Gasteiger partial charge in [0.05, 0.1) is 17.9 Å². The molecule has 1 aromatic rings. The van der Waals surface area contributed by atoms with Crippen molar-refractivity contribution < 1.29 is 19.1 Å². The first-order chi connectivity index (χ1) is 20.2. The van der Waals surface area contributed by atoms with E-state index in [0.29, 0.717) is 30.0 Å². The van der Waals surface area contributed by atoms with Crippen LogP contribution in [0.4, 0.5) is 5.69 Å². The zero-order valence-electron chi connectivity index (χ0n) is 25.7. The van der Waals surface area contributed by atoms with Crippen LogP contribution in [0.15, 0.2) is 36.4 Å². The number of anilines is 1. The smallest absolute Gasteiger partial charge is 0.246 e. The average molecular weight is 577 g/mol. The molecule has 3 saturated heterocycles. The van der Waals surface area contributed by atoms with Crippen molar-refractivity contribution >= 4 is 23.4 Å². The molecule has 0 aromatic heterocycles. The highest BCUT2D eigenvalue weighted by molar-refractivity contribution is 6.02. The van der Waals surface area contributed by atoms with E-state index >= 15 is 0 Å². The molecule has 8 nitrogen and oxygen atoms in total. The Morgan fingerprint density at radius 2 is 1.74 bits per heavy atom. The molecule has 228 valence electrons. The highest BCUT2D eigenvalue weighted by atomic mass is 16.5. The Kier molecular flexibility index (Phi) is 8.22. The third-order valence-electron chi connectivity index (χ3n) is 10.9. The number of nitrogens with one attached hydrogen (secondary N) is 2. The van der Waals surface area contributed by atoms with Gasteiger partial charge in [0, 0.05) is 24.8 Å². The van der Waals surface area contributed by atoms with Gasteiger partial charge >= 0.3 is 0 Å². The summed E-state index contributed by atoms with van der Waals surface area (Å²) in [6, 6.07) is 7.17. The van der Waals surface area contributed by atoms with E-state index in [1.165, 1.54) is 18.4 Å². The molecule has 1 aliphatic carbocycles. The minimum Gasteiger partial charge on any atom is -0.359 e. The van der Waals surface area contributed by atoms with Gasteiger partial charge in [0.2, 0.25) is 17.7 Å². The lowest BCUT2D eigenvalue weighted by Gasteiger charge is -2.38. The zero-order chi connectivity index (χ0) is 29.6. The number of hydrogen-bond donors (Lipinski definition) is 2. The summed E-state index contributed by atoms with van der Waals surface area (Å²) in [6.07, 6.45) is 10.1. The molecule has 8 atom stereocenters. The van der Waals surface area contributed by atoms with Gasteiger partial charge in [0.15, 0.2) is 0 Å². The molecule has 0 unspecified atom stereocenters. The van der Waals surface area contributed by atoms with Crippen molar-refractivity contribution in [2.24, 2.45) is 23.7 Å². The van der Waals surface area contributed by atoms with Crippen LogP contribution >= 0.6 is 0 Å². The van der Waals surface area contributed by atoms with Crippen molar-refractivity contribution in [3.8, 4) is 0 Å². The standard InChI is InChI=1S/C34H48N4O4/c1-21(2)24-11-13-25(14-12-24)35-31(39)28-27-15-16-34(42-27)29(28)33(41)38(20-19-37-17-6-5-7-18-37)30(34)32(40)36-26-10-8-9-22(3)23(26)4/h11-16,21-23,26-30H,5-10,17-20H2,1-4H3,(H,35,39)(H,36,40)/t22-,23+,26-,27-,28+,29-,30-,34-/m1/s1. The van der Waals surface area contributed by atoms with E-state index in [9.17, 15) is 14.4 Å². The second kappa shape index (κ2) is 11.8. The summed E-state index contributed by atoms with van der Waals surface area (Å²) in [4.78, 5) is 46.4. The number of likely N-dealkylation sites (tertiary alicyclic amines) is 2. The quantitative estimate of drug-likeness (QED) is 0.450. The van der Waals surface area contributed by atoms with Gasteiger partial charge in [0.25, 0.3) is 0 Å². The van der Waals surface area contributed by atoms with Crippen molar-refractivity contribution in [3.63, 3.8) is 0 Å². The molecule has 0 radical (unpaired) electrons. The summed E-state index contributed by atoms with van der Waals surface area (Å²) in [5.41, 5.74) is 0.775. The Balaban J connectivity index is 1.25. The Morgan fingerprint density at radius 3 is 2.45 bits per heavy atom. The van der Waals surface area contributed by atoms with Crippen LogP contribution in [0.25, 0.3) is 0 Å². The normalized spacial score (nSPS) is 36.0. The predicted molar refractivity (Wildman–Crippen MR) is 163 cm³/mol. The molecule has 1 spiro atoms. The third-order valence-corrected chi connectivity index (χ3v) is 10.9. The first-order valence-electron chi connectivity index (χ1n) is 16.3. The lowest BCUT2D eigenvalue weighted by Crippen LogP contribution is -2.58. The molecule has 1 aromatic carbocycles. The Morgan fingerprint density at radius 1 is 1.00 bits per heavy atom. The van der Waals surface area contributed by atoms with E-state index in [4.69, 9.17) is 4.74 Å². The van der Waals surface area contributed by atoms with E-state index in [0.717, 1.165) is 45.3 Å². The molecule has 8 heteroatoms. The van der Waals surface area contributed by atoms with Crippen LogP contribution in [0, 0.1) is 23.7 Å². The molecule has 3 amide bonds. The molecule has 4 heterocycles. The summed E-state index contributed by atoms with van der Waals surface area (Å²) in [6.45, 7) is 12.0. The van der Waals surface area contributed by atoms with Gasteiger partial charge in [-0.3, -0.25) is 14.4 Å². The molecule has 2 N–H and O–H groups in total. The number of carbonyl (C=O) groups is 3. The lowest BCUT2D eigenvalue weighted by atomic mass is 9.73. The number of amides is 3. The second-order valence-corrected chi connectivity index (χ2v) is 13.8. The summed E-state index contributed by atoms with van der Waals surface area (Å²) in [5, 5.41) is 6.41. The molecule has 6 rings (SSSR count). The molecular formula is C34H48N4O4. The Hall–Kier alpha value is -2.71. The maximum absolute atomic E-state index is 14.3. The fraction of sp³-hybridized carbons (Fsp3) is 0.676. The number of ether oxygens (including phenoxy) is 1. The largest absolute Gasteiger partial charge is 0.359 e. The van der Waals surface area contributed by atoms with Crippen molar-refractivity contribution in [3.05, 3.63) is 42.0 Å². The Labute approximate surface area is 250 Å². The second-order valence-electron chi connectivity index (χ2n) is 13.8. The minimum absolute atomic E-state index is 0.0752. The minimum atomic E-state index is -1.12. The van der Waals surface area contributed by atoms with Crippen molar-refractivity contribution in [1.82, 2.24) is 15.1 Å². The van der Waals surface area contributed by atoms with Gasteiger partial charge in [-0.05, 0) is 67.8 Å². The van der Waals surface area contributed by atoms with Crippen LogP contribution in [-0.4, -0.2) is 77.5 Å². The highest BCUT2D eigenvalue weighted by Crippen LogP contribution is 2.55. The van der Waals surface area contributed by atoms with E-state index in [1.54, 1.807) is 4.90 Å². The highest BCUT2D eigenvalue weighted by Gasteiger charge is 2.72. The summed E-state index contributed by atoms with van der Waals surface area (Å²) in [7, 11) is 0. The van der Waals surface area contributed by atoms with Crippen LogP contribution in [0.2, 0.25) is 0 Å². The maximum Gasteiger partial charge on any atom is 0.246 e. The molecule has 2 bridgehead atoms. The van der Waals surface area contributed by atoms with E-state index < -0.39 is 29.6 Å². The molecular weight excluding hydrogens is 528 g/mol. The van der Waals surface area contributed by atoms with Gasteiger partial charge in [-0.25, -0.2) is 0 Å². The van der Waals surface area contributed by atoms with Crippen molar-refractivity contribution in [2.75, 3.05) is 31.5 Å². The van der Waals surface area contributed by atoms with Crippen LogP contribution in [-0.2, 0) is 19.1 Å². The van der Waals surface area contributed by atoms with E-state index in [1.807, 2.05) is 36.4 Å². The van der Waals surface area contributed by atoms with Gasteiger partial charge in [-0.1, -0.05) is 71.2 Å². The Bertz CT molecular complexity index is 1210. The van der Waals surface area contributed by atoms with Crippen LogP contribution in [0.3, 0.4) is 0 Å². The predicted octanol–water partition coefficient (Wildman–Crippen LogP) is 4.33. The first-order valence-corrected chi connectivity index (χ1v) is 16.3. The summed E-state index contributed by atoms with van der Waals surface area (Å²) < 4.78 is 6.56. The van der Waals surface area contributed by atoms with Crippen molar-refractivity contribution in [2.45, 2.75) is 95.9 Å².